The van der Waals surface area contributed by atoms with Crippen LogP contribution in [0.25, 0.3) is 0 Å². The van der Waals surface area contributed by atoms with Gasteiger partial charge in [0.15, 0.2) is 0 Å². The normalized spacial score (nSPS) is 11.0. The summed E-state index contributed by atoms with van der Waals surface area (Å²) in [5, 5.41) is 0. The number of carbonyl (C=O) groups excluding carboxylic acids is 1. The quantitative estimate of drug-likeness (QED) is 0.334. The average molecular weight is 350 g/mol. The highest BCUT2D eigenvalue weighted by Crippen LogP contribution is 2.20. The van der Waals surface area contributed by atoms with Crippen molar-refractivity contribution in [2.24, 2.45) is 0 Å². The van der Waals surface area contributed by atoms with Crippen molar-refractivity contribution in [1.82, 2.24) is 0 Å². The minimum atomic E-state index is -0.377. The number of benzene rings is 2. The lowest BCUT2D eigenvalue weighted by Gasteiger charge is -2.08. The van der Waals surface area contributed by atoms with Crippen molar-refractivity contribution in [1.29, 1.82) is 0 Å². The molecule has 0 fully saturated rings. The Morgan fingerprint density at radius 1 is 0.923 bits per heavy atom. The van der Waals surface area contributed by atoms with Gasteiger partial charge in [-0.25, -0.2) is 4.79 Å². The second kappa shape index (κ2) is 10.2. The van der Waals surface area contributed by atoms with E-state index in [1.807, 2.05) is 30.3 Å². The fourth-order valence-corrected chi connectivity index (χ4v) is 2.34. The van der Waals surface area contributed by atoms with Gasteiger partial charge in [0.25, 0.3) is 0 Å². The Labute approximate surface area is 156 Å². The van der Waals surface area contributed by atoms with Gasteiger partial charge in [-0.05, 0) is 64.0 Å². The first-order chi connectivity index (χ1) is 12.5. The molecule has 0 bridgehead atoms. The molecule has 2 aromatic carbocycles. The topological polar surface area (TPSA) is 35.5 Å². The molecule has 3 heteroatoms. The fraction of sp³-hybridized carbons (Fsp3) is 0.261. The summed E-state index contributed by atoms with van der Waals surface area (Å²) in [6.45, 7) is 6.83. The minimum Gasteiger partial charge on any atom is -0.489 e. The number of hydrogen-bond acceptors (Lipinski definition) is 3. The number of esters is 1. The van der Waals surface area contributed by atoms with Gasteiger partial charge in [-0.3, -0.25) is 0 Å². The molecule has 0 aromatic heterocycles. The summed E-state index contributed by atoms with van der Waals surface area (Å²) in [6.07, 6.45) is 6.41. The van der Waals surface area contributed by atoms with E-state index < -0.39 is 0 Å². The van der Waals surface area contributed by atoms with Crippen molar-refractivity contribution in [2.45, 2.75) is 33.6 Å². The molecule has 0 unspecified atom stereocenters. The largest absolute Gasteiger partial charge is 0.489 e. The van der Waals surface area contributed by atoms with Crippen LogP contribution >= 0.6 is 0 Å². The Bertz CT molecular complexity index is 769. The zero-order valence-electron chi connectivity index (χ0n) is 15.7. The summed E-state index contributed by atoms with van der Waals surface area (Å²) in [6, 6.07) is 16.1. The van der Waals surface area contributed by atoms with E-state index in [1.54, 1.807) is 24.3 Å². The molecule has 0 radical (unpaired) electrons. The summed E-state index contributed by atoms with van der Waals surface area (Å²) in [5.74, 6) is 0.773. The van der Waals surface area contributed by atoms with Gasteiger partial charge in [-0.1, -0.05) is 41.5 Å². The van der Waals surface area contributed by atoms with Crippen LogP contribution in [0.1, 0.15) is 44.0 Å². The van der Waals surface area contributed by atoms with Crippen LogP contribution in [0, 0.1) is 0 Å². The van der Waals surface area contributed by atoms with E-state index in [0.717, 1.165) is 12.8 Å². The Morgan fingerprint density at radius 3 is 2.38 bits per heavy atom. The lowest BCUT2D eigenvalue weighted by Crippen LogP contribution is -2.08. The molecule has 0 saturated carbocycles. The number of carbonyl (C=O) groups is 1. The first kappa shape index (κ1) is 19.5. The summed E-state index contributed by atoms with van der Waals surface area (Å²) in [7, 11) is 0. The molecule has 2 rings (SSSR count). The Kier molecular flexibility index (Phi) is 7.69. The molecular weight excluding hydrogens is 324 g/mol. The highest BCUT2D eigenvalue weighted by Gasteiger charge is 2.08. The SMILES string of the molecule is CC(C)=CCC/C(C)=C/COc1cccc(OC(=O)c2ccccc2)c1. The highest BCUT2D eigenvalue weighted by molar-refractivity contribution is 5.90. The van der Waals surface area contributed by atoms with Gasteiger partial charge in [-0.2, -0.15) is 0 Å². The summed E-state index contributed by atoms with van der Waals surface area (Å²) < 4.78 is 11.2. The second-order valence-electron chi connectivity index (χ2n) is 6.41. The molecule has 0 spiro atoms. The van der Waals surface area contributed by atoms with Gasteiger partial charge in [0.2, 0.25) is 0 Å². The summed E-state index contributed by atoms with van der Waals surface area (Å²) in [4.78, 5) is 12.1. The second-order valence-corrected chi connectivity index (χ2v) is 6.41. The Morgan fingerprint density at radius 2 is 1.65 bits per heavy atom. The zero-order chi connectivity index (χ0) is 18.8. The van der Waals surface area contributed by atoms with Gasteiger partial charge in [0.05, 0.1) is 5.56 Å². The van der Waals surface area contributed by atoms with E-state index in [1.165, 1.54) is 11.1 Å². The van der Waals surface area contributed by atoms with Crippen LogP contribution in [0.4, 0.5) is 0 Å². The van der Waals surface area contributed by atoms with E-state index in [2.05, 4.69) is 32.9 Å². The lowest BCUT2D eigenvalue weighted by molar-refractivity contribution is 0.0734. The van der Waals surface area contributed by atoms with Gasteiger partial charge in [0, 0.05) is 6.07 Å². The maximum Gasteiger partial charge on any atom is 0.343 e. The maximum absolute atomic E-state index is 12.1. The predicted octanol–water partition coefficient (Wildman–Crippen LogP) is 5.98. The van der Waals surface area contributed by atoms with Crippen LogP contribution in [-0.2, 0) is 0 Å². The van der Waals surface area contributed by atoms with Crippen LogP contribution in [0.3, 0.4) is 0 Å². The third-order valence-corrected chi connectivity index (χ3v) is 3.80. The van der Waals surface area contributed by atoms with Crippen molar-refractivity contribution < 1.29 is 14.3 Å². The van der Waals surface area contributed by atoms with Crippen molar-refractivity contribution in [3.63, 3.8) is 0 Å². The Balaban J connectivity index is 1.87. The monoisotopic (exact) mass is 350 g/mol. The van der Waals surface area contributed by atoms with Crippen molar-refractivity contribution in [2.75, 3.05) is 6.61 Å². The highest BCUT2D eigenvalue weighted by atomic mass is 16.5. The van der Waals surface area contributed by atoms with Crippen LogP contribution in [0.5, 0.6) is 11.5 Å². The molecule has 2 aromatic rings. The standard InChI is InChI=1S/C23H26O3/c1-18(2)9-7-10-19(3)15-16-25-21-13-8-14-22(17-21)26-23(24)20-11-5-4-6-12-20/h4-6,8-9,11-15,17H,7,10,16H2,1-3H3/b19-15+. The number of rotatable bonds is 8. The fourth-order valence-electron chi connectivity index (χ4n) is 2.34. The molecule has 0 aliphatic rings. The zero-order valence-corrected chi connectivity index (χ0v) is 15.7. The number of ether oxygens (including phenoxy) is 2. The van der Waals surface area contributed by atoms with Crippen LogP contribution < -0.4 is 9.47 Å². The van der Waals surface area contributed by atoms with Crippen molar-refractivity contribution >= 4 is 5.97 Å². The van der Waals surface area contributed by atoms with E-state index in [-0.39, 0.29) is 5.97 Å². The molecule has 0 atom stereocenters. The molecule has 26 heavy (non-hydrogen) atoms. The van der Waals surface area contributed by atoms with Crippen LogP contribution in [-0.4, -0.2) is 12.6 Å². The smallest absolute Gasteiger partial charge is 0.343 e. The molecule has 3 nitrogen and oxygen atoms in total. The van der Waals surface area contributed by atoms with Crippen molar-refractivity contribution in [3.05, 3.63) is 83.5 Å². The molecule has 0 heterocycles. The average Bonchev–Trinajstić information content (AvgIpc) is 2.62. The van der Waals surface area contributed by atoms with E-state index in [4.69, 9.17) is 9.47 Å². The predicted molar refractivity (Wildman–Crippen MR) is 106 cm³/mol. The van der Waals surface area contributed by atoms with Crippen LogP contribution in [0.2, 0.25) is 0 Å². The number of allylic oxidation sites excluding steroid dienone is 3. The maximum atomic E-state index is 12.1. The first-order valence-electron chi connectivity index (χ1n) is 8.83. The lowest BCUT2D eigenvalue weighted by atomic mass is 10.1. The molecule has 0 amide bonds. The van der Waals surface area contributed by atoms with E-state index in [0.29, 0.717) is 23.7 Å². The summed E-state index contributed by atoms with van der Waals surface area (Å²) in [5.41, 5.74) is 3.17. The first-order valence-corrected chi connectivity index (χ1v) is 8.83. The Hall–Kier alpha value is -2.81. The van der Waals surface area contributed by atoms with Gasteiger partial charge in [0.1, 0.15) is 18.1 Å². The molecule has 0 N–H and O–H groups in total. The van der Waals surface area contributed by atoms with E-state index >= 15 is 0 Å². The summed E-state index contributed by atoms with van der Waals surface area (Å²) >= 11 is 0. The van der Waals surface area contributed by atoms with E-state index in [9.17, 15) is 4.79 Å². The number of hydrogen-bond donors (Lipinski definition) is 0. The third kappa shape index (κ3) is 6.98. The molecule has 0 aliphatic carbocycles. The van der Waals surface area contributed by atoms with Crippen LogP contribution in [0.15, 0.2) is 77.9 Å². The molecular formula is C23H26O3. The van der Waals surface area contributed by atoms with Gasteiger partial charge in [-0.15, -0.1) is 0 Å². The minimum absolute atomic E-state index is 0.377. The van der Waals surface area contributed by atoms with Crippen molar-refractivity contribution in [3.8, 4) is 11.5 Å². The molecule has 0 saturated heterocycles. The third-order valence-electron chi connectivity index (χ3n) is 3.80. The molecule has 136 valence electrons. The molecule has 0 aliphatic heterocycles. The van der Waals surface area contributed by atoms with Gasteiger partial charge >= 0.3 is 5.97 Å². The van der Waals surface area contributed by atoms with Gasteiger partial charge < -0.3 is 9.47 Å².